The lowest BCUT2D eigenvalue weighted by Crippen LogP contribution is -2.44. The van der Waals surface area contributed by atoms with Crippen molar-refractivity contribution in [2.45, 2.75) is 18.1 Å². The van der Waals surface area contributed by atoms with Crippen molar-refractivity contribution in [2.75, 3.05) is 13.7 Å². The van der Waals surface area contributed by atoms with E-state index in [2.05, 4.69) is 21.4 Å². The third kappa shape index (κ3) is 1.73. The molecule has 3 rings (SSSR count). The third-order valence-corrected chi connectivity index (χ3v) is 4.03. The Balaban J connectivity index is 2.06. The molecule has 1 unspecified atom stereocenters. The quantitative estimate of drug-likeness (QED) is 0.930. The lowest BCUT2D eigenvalue weighted by atomic mass is 9.86. The van der Waals surface area contributed by atoms with E-state index in [1.165, 1.54) is 6.07 Å². The molecule has 2 aliphatic rings. The van der Waals surface area contributed by atoms with E-state index in [1.807, 2.05) is 0 Å². The van der Waals surface area contributed by atoms with Gasteiger partial charge in [0, 0.05) is 23.1 Å². The number of ether oxygens (including phenoxy) is 1. The van der Waals surface area contributed by atoms with Crippen molar-refractivity contribution in [2.24, 2.45) is 5.92 Å². The monoisotopic (exact) mass is 301 g/mol. The summed E-state index contributed by atoms with van der Waals surface area (Å²) in [6.45, 7) is 0.404. The molecule has 1 N–H and O–H groups in total. The first kappa shape index (κ1) is 11.6. The molecule has 1 aliphatic carbocycles. The summed E-state index contributed by atoms with van der Waals surface area (Å²) in [5.74, 6) is 0.0696. The molecule has 0 bridgehead atoms. The molecule has 1 aromatic rings. The maximum Gasteiger partial charge on any atom is 0.128 e. The van der Waals surface area contributed by atoms with Crippen molar-refractivity contribution in [3.05, 3.63) is 34.1 Å². The first-order chi connectivity index (χ1) is 8.17. The highest BCUT2D eigenvalue weighted by Crippen LogP contribution is 2.53. The minimum Gasteiger partial charge on any atom is -0.382 e. The molecule has 0 spiro atoms. The third-order valence-electron chi connectivity index (χ3n) is 3.54. The maximum atomic E-state index is 14.0. The highest BCUT2D eigenvalue weighted by Gasteiger charge is 2.61. The molecule has 3 atom stereocenters. The fourth-order valence-electron chi connectivity index (χ4n) is 2.61. The topological polar surface area (TPSA) is 30.5 Å². The predicted molar refractivity (Wildman–Crippen MR) is 63.8 cm³/mol. The van der Waals surface area contributed by atoms with Crippen molar-refractivity contribution >= 4 is 15.9 Å². The van der Waals surface area contributed by atoms with E-state index < -0.39 is 5.54 Å². The molecule has 1 saturated heterocycles. The van der Waals surface area contributed by atoms with Crippen LogP contribution in [0, 0.1) is 11.7 Å². The highest BCUT2D eigenvalue weighted by atomic mass is 79.9. The van der Waals surface area contributed by atoms with E-state index in [0.717, 1.165) is 10.9 Å². The molecule has 17 heavy (non-hydrogen) atoms. The standard InChI is InChI=1S/C12H13BrFNO2/c1-16-6-12(9-5-11(9)17-15-12)8-4-7(13)2-3-10(8)14/h2-4,9,11,15H,5-6H2,1H3/t9-,11?,12+/m0/s1. The van der Waals surface area contributed by atoms with Crippen LogP contribution in [0.3, 0.4) is 0 Å². The van der Waals surface area contributed by atoms with Crippen LogP contribution in [0.2, 0.25) is 0 Å². The summed E-state index contributed by atoms with van der Waals surface area (Å²) in [7, 11) is 1.62. The maximum absolute atomic E-state index is 14.0. The summed E-state index contributed by atoms with van der Waals surface area (Å²) in [6.07, 6.45) is 1.16. The zero-order valence-electron chi connectivity index (χ0n) is 9.37. The second-order valence-electron chi connectivity index (χ2n) is 4.63. The van der Waals surface area contributed by atoms with Gasteiger partial charge in [-0.3, -0.25) is 4.84 Å². The Hall–Kier alpha value is -0.490. The van der Waals surface area contributed by atoms with E-state index in [-0.39, 0.29) is 11.9 Å². The first-order valence-electron chi connectivity index (χ1n) is 5.54. The molecule has 3 nitrogen and oxygen atoms in total. The number of hydroxylamine groups is 1. The summed E-state index contributed by atoms with van der Waals surface area (Å²) in [4.78, 5) is 5.43. The van der Waals surface area contributed by atoms with Gasteiger partial charge in [-0.25, -0.2) is 4.39 Å². The summed E-state index contributed by atoms with van der Waals surface area (Å²) in [5, 5.41) is 0. The fraction of sp³-hybridized carbons (Fsp3) is 0.500. The van der Waals surface area contributed by atoms with Gasteiger partial charge in [-0.1, -0.05) is 15.9 Å². The lowest BCUT2D eigenvalue weighted by Gasteiger charge is -2.30. The van der Waals surface area contributed by atoms with Gasteiger partial charge in [-0.2, -0.15) is 5.48 Å². The molecule has 2 fully saturated rings. The average molecular weight is 302 g/mol. The van der Waals surface area contributed by atoms with Gasteiger partial charge in [0.2, 0.25) is 0 Å². The number of fused-ring (bicyclic) bond motifs is 1. The van der Waals surface area contributed by atoms with Crippen LogP contribution in [0.4, 0.5) is 4.39 Å². The van der Waals surface area contributed by atoms with Crippen LogP contribution in [0.25, 0.3) is 0 Å². The Bertz CT molecular complexity index is 456. The Kier molecular flexibility index (Phi) is 2.74. The molecule has 0 aromatic heterocycles. The molecule has 1 heterocycles. The van der Waals surface area contributed by atoms with Crippen molar-refractivity contribution in [1.29, 1.82) is 0 Å². The van der Waals surface area contributed by atoms with Gasteiger partial charge in [0.05, 0.1) is 18.2 Å². The van der Waals surface area contributed by atoms with E-state index in [4.69, 9.17) is 9.57 Å². The zero-order valence-corrected chi connectivity index (χ0v) is 11.0. The number of hydrogen-bond acceptors (Lipinski definition) is 3. The van der Waals surface area contributed by atoms with Crippen molar-refractivity contribution in [3.63, 3.8) is 0 Å². The molecule has 1 aromatic carbocycles. The zero-order chi connectivity index (χ0) is 12.0. The summed E-state index contributed by atoms with van der Waals surface area (Å²) < 4.78 is 20.1. The highest BCUT2D eigenvalue weighted by molar-refractivity contribution is 9.10. The van der Waals surface area contributed by atoms with E-state index in [9.17, 15) is 4.39 Å². The predicted octanol–water partition coefficient (Wildman–Crippen LogP) is 2.35. The van der Waals surface area contributed by atoms with Crippen LogP contribution in [0.5, 0.6) is 0 Å². The molecule has 5 heteroatoms. The SMILES string of the molecule is COC[C@]1(c2cc(Br)ccc2F)NOC2C[C@@H]21. The van der Waals surface area contributed by atoms with Crippen LogP contribution in [0.15, 0.2) is 22.7 Å². The van der Waals surface area contributed by atoms with E-state index in [1.54, 1.807) is 19.2 Å². The second-order valence-corrected chi connectivity index (χ2v) is 5.54. The Morgan fingerprint density at radius 2 is 2.47 bits per heavy atom. The molecule has 0 radical (unpaired) electrons. The van der Waals surface area contributed by atoms with Crippen molar-refractivity contribution in [3.8, 4) is 0 Å². The van der Waals surface area contributed by atoms with Crippen LogP contribution >= 0.6 is 15.9 Å². The normalized spacial score (nSPS) is 34.8. The van der Waals surface area contributed by atoms with Crippen LogP contribution in [0.1, 0.15) is 12.0 Å². The Morgan fingerprint density at radius 1 is 1.65 bits per heavy atom. The van der Waals surface area contributed by atoms with Gasteiger partial charge < -0.3 is 4.74 Å². The number of hydrogen-bond donors (Lipinski definition) is 1. The van der Waals surface area contributed by atoms with Crippen LogP contribution < -0.4 is 5.48 Å². The van der Waals surface area contributed by atoms with Gasteiger partial charge >= 0.3 is 0 Å². The molecule has 1 saturated carbocycles. The van der Waals surface area contributed by atoms with Crippen LogP contribution in [-0.2, 0) is 15.1 Å². The fourth-order valence-corrected chi connectivity index (χ4v) is 2.97. The number of halogens is 2. The Labute approximate surface area is 107 Å². The van der Waals surface area contributed by atoms with Crippen molar-refractivity contribution < 1.29 is 14.0 Å². The first-order valence-corrected chi connectivity index (χ1v) is 6.34. The number of nitrogens with one attached hydrogen (secondary N) is 1. The van der Waals surface area contributed by atoms with Gasteiger partial charge in [0.15, 0.2) is 0 Å². The van der Waals surface area contributed by atoms with Crippen LogP contribution in [-0.4, -0.2) is 19.8 Å². The minimum atomic E-state index is -0.548. The summed E-state index contributed by atoms with van der Waals surface area (Å²) >= 11 is 3.38. The van der Waals surface area contributed by atoms with Gasteiger partial charge in [0.25, 0.3) is 0 Å². The van der Waals surface area contributed by atoms with Crippen molar-refractivity contribution in [1.82, 2.24) is 5.48 Å². The van der Waals surface area contributed by atoms with E-state index in [0.29, 0.717) is 18.1 Å². The minimum absolute atomic E-state index is 0.198. The average Bonchev–Trinajstić information content (AvgIpc) is 3.02. The van der Waals surface area contributed by atoms with Gasteiger partial charge in [0.1, 0.15) is 5.82 Å². The number of rotatable bonds is 3. The molecular weight excluding hydrogens is 289 g/mol. The molecule has 92 valence electrons. The number of benzene rings is 1. The van der Waals surface area contributed by atoms with Gasteiger partial charge in [-0.05, 0) is 24.6 Å². The molecule has 1 aliphatic heterocycles. The Morgan fingerprint density at radius 3 is 3.06 bits per heavy atom. The molecule has 0 amide bonds. The summed E-state index contributed by atoms with van der Waals surface area (Å²) in [6, 6.07) is 4.96. The molecular formula is C12H13BrFNO2. The lowest BCUT2D eigenvalue weighted by molar-refractivity contribution is -0.0143. The van der Waals surface area contributed by atoms with Gasteiger partial charge in [-0.15, -0.1) is 0 Å². The summed E-state index contributed by atoms with van der Waals surface area (Å²) in [5.41, 5.74) is 3.03. The van der Waals surface area contributed by atoms with E-state index >= 15 is 0 Å². The smallest absolute Gasteiger partial charge is 0.128 e. The second kappa shape index (κ2) is 4.02. The number of methoxy groups -OCH3 is 1. The largest absolute Gasteiger partial charge is 0.382 e.